The van der Waals surface area contributed by atoms with Crippen LogP contribution < -0.4 is 5.32 Å². The van der Waals surface area contributed by atoms with E-state index in [0.29, 0.717) is 12.0 Å². The Kier molecular flexibility index (Phi) is 4.55. The zero-order valence-electron chi connectivity index (χ0n) is 10.8. The lowest BCUT2D eigenvalue weighted by molar-refractivity contribution is 0.582. The maximum absolute atomic E-state index is 13.7. The van der Waals surface area contributed by atoms with Gasteiger partial charge in [0.05, 0.1) is 16.8 Å². The maximum atomic E-state index is 13.7. The van der Waals surface area contributed by atoms with E-state index in [9.17, 15) is 13.2 Å². The molecule has 0 fully saturated rings. The molecule has 1 unspecified atom stereocenters. The van der Waals surface area contributed by atoms with Gasteiger partial charge in [-0.1, -0.05) is 30.7 Å². The van der Waals surface area contributed by atoms with Crippen molar-refractivity contribution in [1.29, 1.82) is 0 Å². The van der Waals surface area contributed by atoms with Crippen LogP contribution in [0.4, 0.5) is 18.9 Å². The first-order valence-corrected chi connectivity index (χ1v) is 6.55. The first-order valence-electron chi connectivity index (χ1n) is 6.17. The summed E-state index contributed by atoms with van der Waals surface area (Å²) in [5.41, 5.74) is 0.691. The highest BCUT2D eigenvalue weighted by Crippen LogP contribution is 2.31. The topological polar surface area (TPSA) is 12.0 Å². The smallest absolute Gasteiger partial charge is 0.150 e. The number of nitrogens with one attached hydrogen (secondary N) is 1. The van der Waals surface area contributed by atoms with Crippen molar-refractivity contribution in [2.45, 2.75) is 19.4 Å². The number of hydrogen-bond acceptors (Lipinski definition) is 1. The lowest BCUT2D eigenvalue weighted by Crippen LogP contribution is -2.11. The van der Waals surface area contributed by atoms with Crippen molar-refractivity contribution in [1.82, 2.24) is 0 Å². The molecule has 1 N–H and O–H groups in total. The molecule has 0 spiro atoms. The van der Waals surface area contributed by atoms with E-state index < -0.39 is 11.6 Å². The summed E-state index contributed by atoms with van der Waals surface area (Å²) in [4.78, 5) is 0. The minimum absolute atomic E-state index is 0.0178. The van der Waals surface area contributed by atoms with Crippen LogP contribution in [0.2, 0.25) is 5.02 Å². The third kappa shape index (κ3) is 3.25. The van der Waals surface area contributed by atoms with Crippen LogP contribution in [0.15, 0.2) is 36.4 Å². The summed E-state index contributed by atoms with van der Waals surface area (Å²) < 4.78 is 40.0. The largest absolute Gasteiger partial charge is 0.375 e. The molecule has 106 valence electrons. The van der Waals surface area contributed by atoms with Crippen molar-refractivity contribution in [2.24, 2.45) is 0 Å². The standard InChI is InChI=1S/C15H13ClF3N/c1-2-14(9-4-3-5-10(17)6-9)20-15-12(16)7-11(18)8-13(15)19/h3-8,14,20H,2H2,1H3. The van der Waals surface area contributed by atoms with E-state index in [4.69, 9.17) is 11.6 Å². The van der Waals surface area contributed by atoms with Crippen molar-refractivity contribution in [3.63, 3.8) is 0 Å². The molecule has 0 aromatic heterocycles. The second-order valence-electron chi connectivity index (χ2n) is 4.40. The number of benzene rings is 2. The summed E-state index contributed by atoms with van der Waals surface area (Å²) in [7, 11) is 0. The molecular formula is C15H13ClF3N. The predicted octanol–water partition coefficient (Wildman–Crippen LogP) is 5.32. The second kappa shape index (κ2) is 6.18. The summed E-state index contributed by atoms with van der Waals surface area (Å²) in [6, 6.07) is 7.50. The molecule has 0 heterocycles. The lowest BCUT2D eigenvalue weighted by atomic mass is 10.0. The molecule has 0 bridgehead atoms. The van der Waals surface area contributed by atoms with Crippen molar-refractivity contribution < 1.29 is 13.2 Å². The Morgan fingerprint density at radius 2 is 1.85 bits per heavy atom. The molecular weight excluding hydrogens is 287 g/mol. The average molecular weight is 300 g/mol. The van der Waals surface area contributed by atoms with E-state index in [1.807, 2.05) is 6.92 Å². The zero-order valence-corrected chi connectivity index (χ0v) is 11.5. The maximum Gasteiger partial charge on any atom is 0.150 e. The minimum atomic E-state index is -0.773. The van der Waals surface area contributed by atoms with Gasteiger partial charge < -0.3 is 5.32 Å². The molecule has 0 saturated carbocycles. The average Bonchev–Trinajstić information content (AvgIpc) is 2.38. The third-order valence-corrected chi connectivity index (χ3v) is 3.28. The Balaban J connectivity index is 2.32. The molecule has 2 rings (SSSR count). The summed E-state index contributed by atoms with van der Waals surface area (Å²) in [5, 5.41) is 2.85. The van der Waals surface area contributed by atoms with Crippen molar-refractivity contribution in [3.8, 4) is 0 Å². The van der Waals surface area contributed by atoms with Crippen LogP contribution in [0.1, 0.15) is 24.9 Å². The molecule has 1 nitrogen and oxygen atoms in total. The van der Waals surface area contributed by atoms with Crippen LogP contribution in [-0.4, -0.2) is 0 Å². The molecule has 0 aliphatic rings. The lowest BCUT2D eigenvalue weighted by Gasteiger charge is -2.20. The van der Waals surface area contributed by atoms with Crippen LogP contribution in [0, 0.1) is 17.5 Å². The molecule has 0 radical (unpaired) electrons. The van der Waals surface area contributed by atoms with Gasteiger partial charge in [0.2, 0.25) is 0 Å². The Hall–Kier alpha value is -1.68. The monoisotopic (exact) mass is 299 g/mol. The fraction of sp³-hybridized carbons (Fsp3) is 0.200. The molecule has 2 aromatic rings. The summed E-state index contributed by atoms with van der Waals surface area (Å²) in [6.45, 7) is 1.87. The fourth-order valence-electron chi connectivity index (χ4n) is 2.00. The minimum Gasteiger partial charge on any atom is -0.375 e. The van der Waals surface area contributed by atoms with Gasteiger partial charge in [-0.05, 0) is 30.2 Å². The molecule has 0 aliphatic carbocycles. The third-order valence-electron chi connectivity index (χ3n) is 2.98. The van der Waals surface area contributed by atoms with E-state index in [0.717, 1.165) is 12.1 Å². The van der Waals surface area contributed by atoms with E-state index in [2.05, 4.69) is 5.32 Å². The van der Waals surface area contributed by atoms with Gasteiger partial charge >= 0.3 is 0 Å². The van der Waals surface area contributed by atoms with Crippen molar-refractivity contribution in [3.05, 3.63) is 64.4 Å². The first kappa shape index (κ1) is 14.7. The van der Waals surface area contributed by atoms with Gasteiger partial charge in [-0.2, -0.15) is 0 Å². The molecule has 20 heavy (non-hydrogen) atoms. The highest BCUT2D eigenvalue weighted by atomic mass is 35.5. The van der Waals surface area contributed by atoms with Crippen molar-refractivity contribution >= 4 is 17.3 Å². The summed E-state index contributed by atoms with van der Waals surface area (Å²) in [6.07, 6.45) is 0.594. The van der Waals surface area contributed by atoms with Crippen molar-refractivity contribution in [2.75, 3.05) is 5.32 Å². The Labute approximate surface area is 120 Å². The van der Waals surface area contributed by atoms with Crippen LogP contribution in [0.5, 0.6) is 0 Å². The van der Waals surface area contributed by atoms with Crippen LogP contribution in [0.25, 0.3) is 0 Å². The fourth-order valence-corrected chi connectivity index (χ4v) is 2.25. The van der Waals surface area contributed by atoms with Gasteiger partial charge in [0.1, 0.15) is 11.6 Å². The Morgan fingerprint density at radius 1 is 1.10 bits per heavy atom. The van der Waals surface area contributed by atoms with E-state index in [1.165, 1.54) is 12.1 Å². The van der Waals surface area contributed by atoms with E-state index in [-0.39, 0.29) is 22.6 Å². The van der Waals surface area contributed by atoms with E-state index >= 15 is 0 Å². The normalized spacial score (nSPS) is 12.2. The van der Waals surface area contributed by atoms with Gasteiger partial charge in [0, 0.05) is 6.07 Å². The highest BCUT2D eigenvalue weighted by molar-refractivity contribution is 6.33. The highest BCUT2D eigenvalue weighted by Gasteiger charge is 2.16. The van der Waals surface area contributed by atoms with Crippen LogP contribution in [0.3, 0.4) is 0 Å². The second-order valence-corrected chi connectivity index (χ2v) is 4.81. The Bertz CT molecular complexity index is 593. The van der Waals surface area contributed by atoms with Gasteiger partial charge in [-0.3, -0.25) is 0 Å². The predicted molar refractivity (Wildman–Crippen MR) is 74.4 cm³/mol. The van der Waals surface area contributed by atoms with Gasteiger partial charge in [-0.15, -0.1) is 0 Å². The molecule has 2 aromatic carbocycles. The van der Waals surface area contributed by atoms with Gasteiger partial charge in [0.25, 0.3) is 0 Å². The zero-order chi connectivity index (χ0) is 14.7. The quantitative estimate of drug-likeness (QED) is 0.805. The molecule has 0 aliphatic heterocycles. The van der Waals surface area contributed by atoms with Gasteiger partial charge in [0.15, 0.2) is 5.82 Å². The van der Waals surface area contributed by atoms with Crippen LogP contribution >= 0.6 is 11.6 Å². The number of halogens is 4. The van der Waals surface area contributed by atoms with Gasteiger partial charge in [-0.25, -0.2) is 13.2 Å². The Morgan fingerprint density at radius 3 is 2.45 bits per heavy atom. The molecule has 0 amide bonds. The SMILES string of the molecule is CCC(Nc1c(F)cc(F)cc1Cl)c1cccc(F)c1. The molecule has 5 heteroatoms. The first-order chi connectivity index (χ1) is 9.51. The number of rotatable bonds is 4. The number of hydrogen-bond donors (Lipinski definition) is 1. The van der Waals surface area contributed by atoms with E-state index in [1.54, 1.807) is 12.1 Å². The summed E-state index contributed by atoms with van der Waals surface area (Å²) in [5.74, 6) is -1.88. The molecule has 1 atom stereocenters. The summed E-state index contributed by atoms with van der Waals surface area (Å²) >= 11 is 5.84. The number of anilines is 1. The molecule has 0 saturated heterocycles. The van der Waals surface area contributed by atoms with Crippen LogP contribution in [-0.2, 0) is 0 Å².